The van der Waals surface area contributed by atoms with Crippen molar-refractivity contribution in [2.75, 3.05) is 6.54 Å². The summed E-state index contributed by atoms with van der Waals surface area (Å²) in [5, 5.41) is 15.1. The minimum absolute atomic E-state index is 0.113. The lowest BCUT2D eigenvalue weighted by molar-refractivity contribution is 0.0696. The first kappa shape index (κ1) is 15.3. The SMILES string of the molecule is O=C(O)c1nc(CNCCc2ccc(Cl)cc2Cl)cs1. The van der Waals surface area contributed by atoms with E-state index in [1.54, 1.807) is 11.4 Å². The summed E-state index contributed by atoms with van der Waals surface area (Å²) >= 11 is 13.0. The summed E-state index contributed by atoms with van der Waals surface area (Å²) in [6.07, 6.45) is 0.770. The van der Waals surface area contributed by atoms with Gasteiger partial charge in [0.05, 0.1) is 5.69 Å². The Labute approximate surface area is 130 Å². The zero-order chi connectivity index (χ0) is 14.5. The van der Waals surface area contributed by atoms with Gasteiger partial charge in [0.1, 0.15) is 0 Å². The molecule has 1 aromatic carbocycles. The van der Waals surface area contributed by atoms with Crippen molar-refractivity contribution in [3.63, 3.8) is 0 Å². The molecule has 0 amide bonds. The average Bonchev–Trinajstić information content (AvgIpc) is 2.85. The number of thiazole rings is 1. The predicted octanol–water partition coefficient (Wildman–Crippen LogP) is 3.48. The van der Waals surface area contributed by atoms with Crippen LogP contribution in [-0.4, -0.2) is 22.6 Å². The van der Waals surface area contributed by atoms with Gasteiger partial charge >= 0.3 is 5.97 Å². The average molecular weight is 331 g/mol. The summed E-state index contributed by atoms with van der Waals surface area (Å²) < 4.78 is 0. The van der Waals surface area contributed by atoms with Crippen LogP contribution in [0.5, 0.6) is 0 Å². The number of carbonyl (C=O) groups is 1. The maximum absolute atomic E-state index is 10.7. The van der Waals surface area contributed by atoms with Gasteiger partial charge in [-0.15, -0.1) is 11.3 Å². The number of hydrogen-bond acceptors (Lipinski definition) is 4. The van der Waals surface area contributed by atoms with Crippen LogP contribution in [0.4, 0.5) is 0 Å². The van der Waals surface area contributed by atoms with E-state index in [4.69, 9.17) is 28.3 Å². The Kier molecular flexibility index (Phi) is 5.37. The fourth-order valence-electron chi connectivity index (χ4n) is 1.65. The van der Waals surface area contributed by atoms with Crippen LogP contribution in [0.15, 0.2) is 23.6 Å². The van der Waals surface area contributed by atoms with Crippen molar-refractivity contribution in [1.82, 2.24) is 10.3 Å². The van der Waals surface area contributed by atoms with Gasteiger partial charge in [-0.2, -0.15) is 0 Å². The highest BCUT2D eigenvalue weighted by Crippen LogP contribution is 2.21. The summed E-state index contributed by atoms with van der Waals surface area (Å²) in [5.74, 6) is -0.991. The fraction of sp³-hybridized carbons (Fsp3) is 0.231. The smallest absolute Gasteiger partial charge is 0.365 e. The highest BCUT2D eigenvalue weighted by Gasteiger charge is 2.08. The van der Waals surface area contributed by atoms with Crippen LogP contribution in [0.2, 0.25) is 10.0 Å². The molecule has 0 aliphatic heterocycles. The van der Waals surface area contributed by atoms with Gasteiger partial charge in [-0.3, -0.25) is 0 Å². The molecule has 0 radical (unpaired) electrons. The maximum Gasteiger partial charge on any atom is 0.365 e. The highest BCUT2D eigenvalue weighted by atomic mass is 35.5. The molecule has 1 heterocycles. The number of aromatic nitrogens is 1. The van der Waals surface area contributed by atoms with Gasteiger partial charge in [0.25, 0.3) is 0 Å². The quantitative estimate of drug-likeness (QED) is 0.796. The molecule has 0 aliphatic rings. The Morgan fingerprint density at radius 3 is 2.85 bits per heavy atom. The van der Waals surface area contributed by atoms with Crippen LogP contribution in [-0.2, 0) is 13.0 Å². The second kappa shape index (κ2) is 7.04. The van der Waals surface area contributed by atoms with Gasteiger partial charge in [0.15, 0.2) is 0 Å². The number of carboxylic acids is 1. The van der Waals surface area contributed by atoms with Gasteiger partial charge in [-0.05, 0) is 30.7 Å². The number of benzene rings is 1. The van der Waals surface area contributed by atoms with Crippen molar-refractivity contribution in [2.24, 2.45) is 0 Å². The summed E-state index contributed by atoms with van der Waals surface area (Å²) in [6, 6.07) is 5.43. The molecule has 20 heavy (non-hydrogen) atoms. The van der Waals surface area contributed by atoms with Crippen LogP contribution >= 0.6 is 34.5 Å². The summed E-state index contributed by atoms with van der Waals surface area (Å²) in [5.41, 5.74) is 1.75. The third-order valence-corrected chi connectivity index (χ3v) is 4.09. The highest BCUT2D eigenvalue weighted by molar-refractivity contribution is 7.11. The zero-order valence-electron chi connectivity index (χ0n) is 10.4. The molecular weight excluding hydrogens is 319 g/mol. The van der Waals surface area contributed by atoms with E-state index in [1.807, 2.05) is 12.1 Å². The van der Waals surface area contributed by atoms with E-state index >= 15 is 0 Å². The molecule has 4 nitrogen and oxygen atoms in total. The predicted molar refractivity (Wildman–Crippen MR) is 80.9 cm³/mol. The van der Waals surface area contributed by atoms with Crippen LogP contribution in [0.3, 0.4) is 0 Å². The van der Waals surface area contributed by atoms with Crippen molar-refractivity contribution in [3.05, 3.63) is 49.9 Å². The summed E-state index contributed by atoms with van der Waals surface area (Å²) in [7, 11) is 0. The Morgan fingerprint density at radius 2 is 2.20 bits per heavy atom. The second-order valence-corrected chi connectivity index (χ2v) is 5.81. The van der Waals surface area contributed by atoms with Gasteiger partial charge < -0.3 is 10.4 Å². The lowest BCUT2D eigenvalue weighted by Crippen LogP contribution is -2.17. The first-order valence-corrected chi connectivity index (χ1v) is 7.52. The summed E-state index contributed by atoms with van der Waals surface area (Å²) in [6.45, 7) is 1.26. The van der Waals surface area contributed by atoms with Crippen molar-refractivity contribution < 1.29 is 9.90 Å². The topological polar surface area (TPSA) is 62.2 Å². The molecule has 0 spiro atoms. The van der Waals surface area contributed by atoms with Crippen LogP contribution in [0.25, 0.3) is 0 Å². The molecular formula is C13H12Cl2N2O2S. The molecule has 2 aromatic rings. The Bertz CT molecular complexity index is 616. The molecule has 0 fully saturated rings. The minimum Gasteiger partial charge on any atom is -0.476 e. The molecule has 0 aliphatic carbocycles. The van der Waals surface area contributed by atoms with Gasteiger partial charge in [-0.25, -0.2) is 9.78 Å². The van der Waals surface area contributed by atoms with E-state index in [-0.39, 0.29) is 5.01 Å². The molecule has 7 heteroatoms. The zero-order valence-corrected chi connectivity index (χ0v) is 12.7. The number of nitrogens with zero attached hydrogens (tertiary/aromatic N) is 1. The van der Waals surface area contributed by atoms with E-state index in [9.17, 15) is 4.79 Å². The second-order valence-electron chi connectivity index (χ2n) is 4.11. The number of rotatable bonds is 6. The van der Waals surface area contributed by atoms with E-state index in [0.717, 1.165) is 35.6 Å². The normalized spacial score (nSPS) is 10.7. The van der Waals surface area contributed by atoms with Crippen molar-refractivity contribution in [1.29, 1.82) is 0 Å². The number of carboxylic acid groups (broad SMARTS) is 1. The molecule has 0 bridgehead atoms. The third kappa shape index (κ3) is 4.18. The number of hydrogen-bond donors (Lipinski definition) is 2. The van der Waals surface area contributed by atoms with E-state index in [0.29, 0.717) is 16.6 Å². The van der Waals surface area contributed by atoms with E-state index in [1.165, 1.54) is 0 Å². The Balaban J connectivity index is 1.79. The lowest BCUT2D eigenvalue weighted by Gasteiger charge is -2.05. The van der Waals surface area contributed by atoms with Gasteiger partial charge in [0, 0.05) is 22.0 Å². The number of nitrogens with one attached hydrogen (secondary N) is 1. The van der Waals surface area contributed by atoms with Crippen LogP contribution < -0.4 is 5.32 Å². The fourth-order valence-corrected chi connectivity index (χ4v) is 2.81. The maximum atomic E-state index is 10.7. The van der Waals surface area contributed by atoms with E-state index < -0.39 is 5.97 Å². The largest absolute Gasteiger partial charge is 0.476 e. The van der Waals surface area contributed by atoms with Gasteiger partial charge in [0.2, 0.25) is 5.01 Å². The van der Waals surface area contributed by atoms with E-state index in [2.05, 4.69) is 10.3 Å². The Morgan fingerprint density at radius 1 is 1.40 bits per heavy atom. The molecule has 0 saturated carbocycles. The van der Waals surface area contributed by atoms with Crippen LogP contribution in [0, 0.1) is 0 Å². The molecule has 2 rings (SSSR count). The molecule has 2 N–H and O–H groups in total. The molecule has 0 atom stereocenters. The monoisotopic (exact) mass is 330 g/mol. The lowest BCUT2D eigenvalue weighted by atomic mass is 10.1. The Hall–Kier alpha value is -1.14. The van der Waals surface area contributed by atoms with Crippen molar-refractivity contribution in [3.8, 4) is 0 Å². The van der Waals surface area contributed by atoms with Crippen LogP contribution in [0.1, 0.15) is 21.1 Å². The summed E-state index contributed by atoms with van der Waals surface area (Å²) in [4.78, 5) is 14.7. The molecule has 0 saturated heterocycles. The van der Waals surface area contributed by atoms with Crippen molar-refractivity contribution >= 4 is 40.5 Å². The number of aromatic carboxylic acids is 1. The third-order valence-electron chi connectivity index (χ3n) is 2.63. The minimum atomic E-state index is -0.991. The molecule has 106 valence electrons. The van der Waals surface area contributed by atoms with Gasteiger partial charge in [-0.1, -0.05) is 29.3 Å². The molecule has 0 unspecified atom stereocenters. The first-order chi connectivity index (χ1) is 9.56. The first-order valence-electron chi connectivity index (χ1n) is 5.88. The molecule has 1 aromatic heterocycles. The standard InChI is InChI=1S/C13H12Cl2N2O2S/c14-9-2-1-8(11(15)5-9)3-4-16-6-10-7-20-12(17-10)13(18)19/h1-2,5,7,16H,3-4,6H2,(H,18,19). The number of halogens is 2. The van der Waals surface area contributed by atoms with Crippen molar-refractivity contribution in [2.45, 2.75) is 13.0 Å².